The van der Waals surface area contributed by atoms with Gasteiger partial charge in [0.15, 0.2) is 0 Å². The lowest BCUT2D eigenvalue weighted by Gasteiger charge is -2.25. The molecular weight excluding hydrogens is 335 g/mol. The first-order valence-corrected chi connectivity index (χ1v) is 6.48. The first-order valence-electron chi connectivity index (χ1n) is 5.69. The molecule has 19 heavy (non-hydrogen) atoms. The molecule has 0 saturated heterocycles. The fourth-order valence-corrected chi connectivity index (χ4v) is 1.59. The molecular formula is C13H19BrClFN2O. The molecule has 0 unspecified atom stereocenters. The summed E-state index contributed by atoms with van der Waals surface area (Å²) in [6, 6.07) is 4.15. The van der Waals surface area contributed by atoms with E-state index in [0.29, 0.717) is 10.0 Å². The van der Waals surface area contributed by atoms with Crippen molar-refractivity contribution in [3.63, 3.8) is 0 Å². The van der Waals surface area contributed by atoms with Gasteiger partial charge in [0, 0.05) is 6.54 Å². The molecule has 1 aromatic rings. The highest BCUT2D eigenvalue weighted by Crippen LogP contribution is 2.18. The first kappa shape index (κ1) is 18.4. The number of hydrogen-bond acceptors (Lipinski definition) is 2. The number of carbonyl (C=O) groups is 1. The van der Waals surface area contributed by atoms with E-state index in [2.05, 4.69) is 21.2 Å². The van der Waals surface area contributed by atoms with Crippen molar-refractivity contribution in [1.29, 1.82) is 0 Å². The van der Waals surface area contributed by atoms with E-state index in [-0.39, 0.29) is 36.1 Å². The molecule has 1 rings (SSSR count). The van der Waals surface area contributed by atoms with Crippen LogP contribution in [-0.4, -0.2) is 11.9 Å². The topological polar surface area (TPSA) is 55.1 Å². The van der Waals surface area contributed by atoms with Crippen LogP contribution in [0.25, 0.3) is 0 Å². The fraction of sp³-hybridized carbons (Fsp3) is 0.462. The Labute approximate surface area is 127 Å². The van der Waals surface area contributed by atoms with Crippen LogP contribution in [0.3, 0.4) is 0 Å². The summed E-state index contributed by atoms with van der Waals surface area (Å²) in [5.41, 5.74) is 6.22. The van der Waals surface area contributed by atoms with Crippen molar-refractivity contribution in [3.8, 4) is 0 Å². The van der Waals surface area contributed by atoms with Crippen molar-refractivity contribution in [2.24, 2.45) is 11.1 Å². The van der Waals surface area contributed by atoms with E-state index >= 15 is 0 Å². The summed E-state index contributed by atoms with van der Waals surface area (Å²) in [6.45, 7) is 5.97. The highest BCUT2D eigenvalue weighted by Gasteiger charge is 2.27. The normalized spacial score (nSPS) is 12.5. The van der Waals surface area contributed by atoms with Gasteiger partial charge in [-0.3, -0.25) is 4.79 Å². The van der Waals surface area contributed by atoms with Crippen molar-refractivity contribution in [2.45, 2.75) is 33.4 Å². The molecule has 0 aliphatic heterocycles. The Kier molecular flexibility index (Phi) is 6.97. The van der Waals surface area contributed by atoms with Crippen LogP contribution in [-0.2, 0) is 11.3 Å². The molecule has 0 aliphatic carbocycles. The van der Waals surface area contributed by atoms with Crippen LogP contribution in [0.2, 0.25) is 0 Å². The predicted octanol–water partition coefficient (Wildman–Crippen LogP) is 3.00. The highest BCUT2D eigenvalue weighted by molar-refractivity contribution is 9.10. The molecule has 1 amide bonds. The van der Waals surface area contributed by atoms with Gasteiger partial charge < -0.3 is 11.1 Å². The second kappa shape index (κ2) is 7.22. The Balaban J connectivity index is 0.00000324. The molecule has 0 spiro atoms. The van der Waals surface area contributed by atoms with Gasteiger partial charge >= 0.3 is 0 Å². The van der Waals surface area contributed by atoms with Crippen LogP contribution in [0.4, 0.5) is 4.39 Å². The number of rotatable bonds is 3. The fourth-order valence-electron chi connectivity index (χ4n) is 1.34. The molecule has 0 fully saturated rings. The largest absolute Gasteiger partial charge is 0.351 e. The quantitative estimate of drug-likeness (QED) is 0.877. The van der Waals surface area contributed by atoms with E-state index in [1.807, 2.05) is 20.8 Å². The zero-order valence-electron chi connectivity index (χ0n) is 11.2. The summed E-state index contributed by atoms with van der Waals surface area (Å²) in [7, 11) is 0. The van der Waals surface area contributed by atoms with Gasteiger partial charge in [-0.15, -0.1) is 12.4 Å². The summed E-state index contributed by atoms with van der Waals surface area (Å²) in [5, 5.41) is 2.71. The third kappa shape index (κ3) is 5.47. The zero-order valence-corrected chi connectivity index (χ0v) is 13.6. The molecule has 108 valence electrons. The molecule has 1 atom stereocenters. The standard InChI is InChI=1S/C13H18BrFN2O.ClH/c1-13(2,3)11(16)12(18)17-7-8-4-5-9(14)10(15)6-8;/h4-6,11H,7,16H2,1-3H3,(H,17,18);1H/t11-;/m1./s1. The number of amides is 1. The molecule has 0 bridgehead atoms. The van der Waals surface area contributed by atoms with Crippen LogP contribution in [0, 0.1) is 11.2 Å². The molecule has 6 heteroatoms. The lowest BCUT2D eigenvalue weighted by atomic mass is 9.87. The van der Waals surface area contributed by atoms with Gasteiger partial charge in [0.25, 0.3) is 0 Å². The van der Waals surface area contributed by atoms with E-state index in [0.717, 1.165) is 0 Å². The second-order valence-corrected chi connectivity index (χ2v) is 6.16. The minimum Gasteiger partial charge on any atom is -0.351 e. The highest BCUT2D eigenvalue weighted by atomic mass is 79.9. The van der Waals surface area contributed by atoms with Gasteiger partial charge in [0.05, 0.1) is 10.5 Å². The maximum Gasteiger partial charge on any atom is 0.237 e. The molecule has 3 nitrogen and oxygen atoms in total. The second-order valence-electron chi connectivity index (χ2n) is 5.31. The summed E-state index contributed by atoms with van der Waals surface area (Å²) in [4.78, 5) is 11.8. The van der Waals surface area contributed by atoms with Gasteiger partial charge in [-0.2, -0.15) is 0 Å². The molecule has 3 N–H and O–H groups in total. The van der Waals surface area contributed by atoms with Gasteiger partial charge in [-0.1, -0.05) is 26.8 Å². The molecule has 0 heterocycles. The number of carbonyl (C=O) groups excluding carboxylic acids is 1. The summed E-state index contributed by atoms with van der Waals surface area (Å²) >= 11 is 3.08. The first-order chi connectivity index (χ1) is 8.21. The van der Waals surface area contributed by atoms with Crippen molar-refractivity contribution in [3.05, 3.63) is 34.1 Å². The molecule has 0 aliphatic rings. The Hall–Kier alpha value is -0.650. The van der Waals surface area contributed by atoms with Crippen LogP contribution >= 0.6 is 28.3 Å². The average Bonchev–Trinajstić information content (AvgIpc) is 2.28. The van der Waals surface area contributed by atoms with Crippen LogP contribution in [0.15, 0.2) is 22.7 Å². The molecule has 0 radical (unpaired) electrons. The van der Waals surface area contributed by atoms with Gasteiger partial charge in [0.1, 0.15) is 5.82 Å². The van der Waals surface area contributed by atoms with Crippen molar-refractivity contribution >= 4 is 34.2 Å². The predicted molar refractivity (Wildman–Crippen MR) is 80.6 cm³/mol. The van der Waals surface area contributed by atoms with Gasteiger partial charge in [-0.05, 0) is 39.0 Å². The maximum absolute atomic E-state index is 13.3. The minimum absolute atomic E-state index is 0. The molecule has 1 aromatic carbocycles. The van der Waals surface area contributed by atoms with Gasteiger partial charge in [0.2, 0.25) is 5.91 Å². The minimum atomic E-state index is -0.585. The zero-order chi connectivity index (χ0) is 13.9. The van der Waals surface area contributed by atoms with Crippen molar-refractivity contribution in [2.75, 3.05) is 0 Å². The lowest BCUT2D eigenvalue weighted by molar-refractivity contribution is -0.124. The number of benzene rings is 1. The number of hydrogen-bond donors (Lipinski definition) is 2. The monoisotopic (exact) mass is 352 g/mol. The SMILES string of the molecule is CC(C)(C)[C@H](N)C(=O)NCc1ccc(Br)c(F)c1.Cl. The molecule has 0 saturated carbocycles. The van der Waals surface area contributed by atoms with E-state index in [4.69, 9.17) is 5.73 Å². The summed E-state index contributed by atoms with van der Waals surface area (Å²) in [6.07, 6.45) is 0. The Morgan fingerprint density at radius 3 is 2.53 bits per heavy atom. The average molecular weight is 354 g/mol. The summed E-state index contributed by atoms with van der Waals surface area (Å²) in [5.74, 6) is -0.576. The Morgan fingerprint density at radius 1 is 1.47 bits per heavy atom. The Bertz CT molecular complexity index is 449. The van der Waals surface area contributed by atoms with E-state index in [1.54, 1.807) is 12.1 Å². The van der Waals surface area contributed by atoms with Crippen LogP contribution in [0.1, 0.15) is 26.3 Å². The van der Waals surface area contributed by atoms with Crippen LogP contribution in [0.5, 0.6) is 0 Å². The number of nitrogens with one attached hydrogen (secondary N) is 1. The van der Waals surface area contributed by atoms with Crippen molar-refractivity contribution in [1.82, 2.24) is 5.32 Å². The maximum atomic E-state index is 13.3. The van der Waals surface area contributed by atoms with Gasteiger partial charge in [-0.25, -0.2) is 4.39 Å². The Morgan fingerprint density at radius 2 is 2.05 bits per heavy atom. The third-order valence-electron chi connectivity index (χ3n) is 2.67. The smallest absolute Gasteiger partial charge is 0.237 e. The van der Waals surface area contributed by atoms with E-state index in [9.17, 15) is 9.18 Å². The van der Waals surface area contributed by atoms with E-state index in [1.165, 1.54) is 6.07 Å². The lowest BCUT2D eigenvalue weighted by Crippen LogP contribution is -2.48. The third-order valence-corrected chi connectivity index (χ3v) is 3.31. The molecule has 0 aromatic heterocycles. The summed E-state index contributed by atoms with van der Waals surface area (Å²) < 4.78 is 13.7. The van der Waals surface area contributed by atoms with Crippen molar-refractivity contribution < 1.29 is 9.18 Å². The van der Waals surface area contributed by atoms with E-state index < -0.39 is 6.04 Å². The van der Waals surface area contributed by atoms with Crippen LogP contribution < -0.4 is 11.1 Å². The number of halogens is 3. The number of nitrogens with two attached hydrogens (primary N) is 1.